The van der Waals surface area contributed by atoms with Crippen LogP contribution in [-0.2, 0) is 11.3 Å². The van der Waals surface area contributed by atoms with E-state index in [4.69, 9.17) is 0 Å². The van der Waals surface area contributed by atoms with Gasteiger partial charge in [-0.1, -0.05) is 26.0 Å². The molecule has 1 aromatic carbocycles. The molecule has 1 aliphatic heterocycles. The van der Waals surface area contributed by atoms with Crippen LogP contribution in [0.25, 0.3) is 0 Å². The van der Waals surface area contributed by atoms with Crippen molar-refractivity contribution in [2.24, 2.45) is 11.8 Å². The zero-order valence-corrected chi connectivity index (χ0v) is 13.8. The lowest BCUT2D eigenvalue weighted by atomic mass is 9.85. The Hall–Kier alpha value is -1.39. The molecule has 0 radical (unpaired) electrons. The molecule has 22 heavy (non-hydrogen) atoms. The van der Waals surface area contributed by atoms with E-state index in [-0.39, 0.29) is 5.91 Å². The van der Waals surface area contributed by atoms with Gasteiger partial charge in [-0.2, -0.15) is 0 Å². The second kappa shape index (κ2) is 8.91. The minimum atomic E-state index is 0.124. The van der Waals surface area contributed by atoms with Gasteiger partial charge in [0.05, 0.1) is 0 Å². The Morgan fingerprint density at radius 3 is 3.05 bits per heavy atom. The second-order valence-electron chi connectivity index (χ2n) is 6.32. The Balaban J connectivity index is 1.83. The highest BCUT2D eigenvalue weighted by atomic mass is 16.1. The lowest BCUT2D eigenvalue weighted by molar-refractivity contribution is -0.117. The SMILES string of the molecule is CCNCc1cccc(NC(=O)CC(C)C2CCCNC2)c1. The molecule has 4 nitrogen and oxygen atoms in total. The number of carbonyl (C=O) groups is 1. The van der Waals surface area contributed by atoms with Crippen LogP contribution in [-0.4, -0.2) is 25.5 Å². The summed E-state index contributed by atoms with van der Waals surface area (Å²) in [5.41, 5.74) is 2.10. The van der Waals surface area contributed by atoms with Gasteiger partial charge in [0.1, 0.15) is 0 Å². The molecule has 122 valence electrons. The molecule has 4 heteroatoms. The maximum Gasteiger partial charge on any atom is 0.224 e. The van der Waals surface area contributed by atoms with E-state index >= 15 is 0 Å². The van der Waals surface area contributed by atoms with Crippen LogP contribution in [0.4, 0.5) is 5.69 Å². The van der Waals surface area contributed by atoms with E-state index in [9.17, 15) is 4.79 Å². The van der Waals surface area contributed by atoms with Crippen LogP contribution in [0.3, 0.4) is 0 Å². The minimum Gasteiger partial charge on any atom is -0.326 e. The standard InChI is InChI=1S/C18H29N3O/c1-3-19-12-15-6-4-8-17(11-15)21-18(22)10-14(2)16-7-5-9-20-13-16/h4,6,8,11,14,16,19-20H,3,5,7,9-10,12-13H2,1-2H3,(H,21,22). The average molecular weight is 303 g/mol. The lowest BCUT2D eigenvalue weighted by Gasteiger charge is -2.28. The van der Waals surface area contributed by atoms with E-state index in [0.717, 1.165) is 31.9 Å². The molecular weight excluding hydrogens is 274 g/mol. The Labute approximate surface area is 134 Å². The van der Waals surface area contributed by atoms with Crippen molar-refractivity contribution in [3.8, 4) is 0 Å². The van der Waals surface area contributed by atoms with Gasteiger partial charge >= 0.3 is 0 Å². The molecule has 2 unspecified atom stereocenters. The fourth-order valence-electron chi connectivity index (χ4n) is 3.06. The summed E-state index contributed by atoms with van der Waals surface area (Å²) in [6.45, 7) is 8.24. The molecule has 0 spiro atoms. The largest absolute Gasteiger partial charge is 0.326 e. The number of nitrogens with one attached hydrogen (secondary N) is 3. The molecule has 1 fully saturated rings. The van der Waals surface area contributed by atoms with Crippen molar-refractivity contribution in [2.45, 2.75) is 39.7 Å². The fraction of sp³-hybridized carbons (Fsp3) is 0.611. The normalized spacial score (nSPS) is 19.6. The van der Waals surface area contributed by atoms with Crippen LogP contribution in [0.5, 0.6) is 0 Å². The number of rotatable bonds is 7. The number of amides is 1. The Morgan fingerprint density at radius 1 is 1.45 bits per heavy atom. The first-order chi connectivity index (χ1) is 10.7. The molecule has 1 aromatic rings. The van der Waals surface area contributed by atoms with Gasteiger partial charge in [-0.25, -0.2) is 0 Å². The fourth-order valence-corrected chi connectivity index (χ4v) is 3.06. The lowest BCUT2D eigenvalue weighted by Crippen LogP contribution is -2.34. The Bertz CT molecular complexity index is 469. The summed E-state index contributed by atoms with van der Waals surface area (Å²) < 4.78 is 0. The van der Waals surface area contributed by atoms with Crippen LogP contribution in [0.15, 0.2) is 24.3 Å². The molecule has 1 amide bonds. The Morgan fingerprint density at radius 2 is 2.32 bits per heavy atom. The quantitative estimate of drug-likeness (QED) is 0.726. The summed E-state index contributed by atoms with van der Waals surface area (Å²) in [6, 6.07) is 8.08. The van der Waals surface area contributed by atoms with Crippen molar-refractivity contribution in [2.75, 3.05) is 25.0 Å². The number of hydrogen-bond donors (Lipinski definition) is 3. The van der Waals surface area contributed by atoms with Gasteiger partial charge < -0.3 is 16.0 Å². The third-order valence-corrected chi connectivity index (χ3v) is 4.44. The van der Waals surface area contributed by atoms with Crippen LogP contribution >= 0.6 is 0 Å². The van der Waals surface area contributed by atoms with E-state index in [1.54, 1.807) is 0 Å². The molecule has 0 aromatic heterocycles. The van der Waals surface area contributed by atoms with E-state index < -0.39 is 0 Å². The Kier molecular flexibility index (Phi) is 6.87. The molecule has 2 atom stereocenters. The molecule has 2 rings (SSSR count). The molecule has 1 heterocycles. The van der Waals surface area contributed by atoms with Gasteiger partial charge in [0.2, 0.25) is 5.91 Å². The van der Waals surface area contributed by atoms with Gasteiger partial charge in [-0.3, -0.25) is 4.79 Å². The van der Waals surface area contributed by atoms with Crippen molar-refractivity contribution in [3.63, 3.8) is 0 Å². The molecule has 0 aliphatic carbocycles. The molecule has 0 saturated carbocycles. The van der Waals surface area contributed by atoms with Gasteiger partial charge in [0.15, 0.2) is 0 Å². The molecule has 1 saturated heterocycles. The molecule has 3 N–H and O–H groups in total. The maximum absolute atomic E-state index is 12.2. The van der Waals surface area contributed by atoms with E-state index in [0.29, 0.717) is 18.3 Å². The highest BCUT2D eigenvalue weighted by Crippen LogP contribution is 2.23. The minimum absolute atomic E-state index is 0.124. The summed E-state index contributed by atoms with van der Waals surface area (Å²) in [6.07, 6.45) is 3.06. The van der Waals surface area contributed by atoms with Crippen molar-refractivity contribution < 1.29 is 4.79 Å². The summed E-state index contributed by atoms with van der Waals surface area (Å²) in [7, 11) is 0. The summed E-state index contributed by atoms with van der Waals surface area (Å²) >= 11 is 0. The van der Waals surface area contributed by atoms with Crippen molar-refractivity contribution in [1.29, 1.82) is 0 Å². The van der Waals surface area contributed by atoms with Crippen molar-refractivity contribution in [1.82, 2.24) is 10.6 Å². The highest BCUT2D eigenvalue weighted by molar-refractivity contribution is 5.90. The monoisotopic (exact) mass is 303 g/mol. The second-order valence-corrected chi connectivity index (χ2v) is 6.32. The molecule has 0 bridgehead atoms. The summed E-state index contributed by atoms with van der Waals surface area (Å²) in [5, 5.41) is 9.77. The van der Waals surface area contributed by atoms with Gasteiger partial charge in [0.25, 0.3) is 0 Å². The van der Waals surface area contributed by atoms with Crippen LogP contribution in [0, 0.1) is 11.8 Å². The summed E-state index contributed by atoms with van der Waals surface area (Å²) in [4.78, 5) is 12.2. The number of hydrogen-bond acceptors (Lipinski definition) is 3. The van der Waals surface area contributed by atoms with E-state index in [2.05, 4.69) is 35.9 Å². The molecule has 1 aliphatic rings. The van der Waals surface area contributed by atoms with Gasteiger partial charge in [0, 0.05) is 18.7 Å². The third-order valence-electron chi connectivity index (χ3n) is 4.44. The number of anilines is 1. The topological polar surface area (TPSA) is 53.2 Å². The maximum atomic E-state index is 12.2. The van der Waals surface area contributed by atoms with E-state index in [1.807, 2.05) is 18.2 Å². The number of piperidine rings is 1. The number of carbonyl (C=O) groups excluding carboxylic acids is 1. The zero-order valence-electron chi connectivity index (χ0n) is 13.8. The first kappa shape index (κ1) is 17.0. The van der Waals surface area contributed by atoms with Gasteiger partial charge in [-0.05, 0) is 62.0 Å². The van der Waals surface area contributed by atoms with Gasteiger partial charge in [-0.15, -0.1) is 0 Å². The molecular formula is C18H29N3O. The smallest absolute Gasteiger partial charge is 0.224 e. The van der Waals surface area contributed by atoms with Crippen molar-refractivity contribution >= 4 is 11.6 Å². The van der Waals surface area contributed by atoms with Crippen LogP contribution < -0.4 is 16.0 Å². The number of benzene rings is 1. The van der Waals surface area contributed by atoms with Crippen LogP contribution in [0.1, 0.15) is 38.7 Å². The average Bonchev–Trinajstić information content (AvgIpc) is 2.54. The summed E-state index contributed by atoms with van der Waals surface area (Å²) in [5.74, 6) is 1.18. The first-order valence-electron chi connectivity index (χ1n) is 8.49. The zero-order chi connectivity index (χ0) is 15.8. The predicted octanol–water partition coefficient (Wildman–Crippen LogP) is 2.76. The van der Waals surface area contributed by atoms with E-state index in [1.165, 1.54) is 18.4 Å². The van der Waals surface area contributed by atoms with Crippen LogP contribution in [0.2, 0.25) is 0 Å². The first-order valence-corrected chi connectivity index (χ1v) is 8.49. The predicted molar refractivity (Wildman–Crippen MR) is 91.8 cm³/mol. The van der Waals surface area contributed by atoms with Crippen molar-refractivity contribution in [3.05, 3.63) is 29.8 Å². The third kappa shape index (κ3) is 5.43. The highest BCUT2D eigenvalue weighted by Gasteiger charge is 2.21.